The molecule has 0 aliphatic heterocycles. The van der Waals surface area contributed by atoms with Crippen molar-refractivity contribution >= 4 is 11.7 Å². The second-order valence-corrected chi connectivity index (χ2v) is 5.01. The molecule has 2 rings (SSSR count). The Labute approximate surface area is 125 Å². The number of hydrogen-bond donors (Lipinski definition) is 0. The van der Waals surface area contributed by atoms with E-state index in [1.54, 1.807) is 0 Å². The first kappa shape index (κ1) is 15.0. The number of rotatable bonds is 7. The van der Waals surface area contributed by atoms with Gasteiger partial charge >= 0.3 is 0 Å². The first-order valence-electron chi connectivity index (χ1n) is 7.14. The summed E-state index contributed by atoms with van der Waals surface area (Å²) in [6.07, 6.45) is 2.37. The Morgan fingerprint density at radius 3 is 2.00 bits per heavy atom. The second kappa shape index (κ2) is 7.98. The predicted octanol–water partition coefficient (Wildman–Crippen LogP) is 3.58. The molecule has 0 spiro atoms. The van der Waals surface area contributed by atoms with E-state index < -0.39 is 0 Å². The lowest BCUT2D eigenvalue weighted by Crippen LogP contribution is -2.07. The van der Waals surface area contributed by atoms with E-state index in [-0.39, 0.29) is 11.4 Å². The highest BCUT2D eigenvalue weighted by Crippen LogP contribution is 2.11. The average Bonchev–Trinajstić information content (AvgIpc) is 2.54. The summed E-state index contributed by atoms with van der Waals surface area (Å²) in [7, 11) is 0. The third-order valence-corrected chi connectivity index (χ3v) is 3.40. The number of benzene rings is 2. The van der Waals surface area contributed by atoms with Crippen LogP contribution in [0.1, 0.15) is 24.0 Å². The number of hydrogen-bond acceptors (Lipinski definition) is 2. The van der Waals surface area contributed by atoms with Gasteiger partial charge in [0.15, 0.2) is 5.78 Å². The molecule has 0 heterocycles. The molecule has 0 unspecified atom stereocenters. The lowest BCUT2D eigenvalue weighted by Gasteiger charge is -2.04. The smallest absolute Gasteiger partial charge is 0.170 e. The third kappa shape index (κ3) is 4.87. The molecule has 0 bridgehead atoms. The molecule has 2 nitrogen and oxygen atoms in total. The highest BCUT2D eigenvalue weighted by molar-refractivity contribution is 6.02. The molecule has 2 aromatic carbocycles. The van der Waals surface area contributed by atoms with E-state index >= 15 is 0 Å². The molecule has 0 aliphatic carbocycles. The van der Waals surface area contributed by atoms with Crippen molar-refractivity contribution in [2.45, 2.75) is 25.7 Å². The van der Waals surface area contributed by atoms with Crippen LogP contribution < -0.4 is 0 Å². The van der Waals surface area contributed by atoms with E-state index in [2.05, 4.69) is 0 Å². The van der Waals surface area contributed by atoms with Gasteiger partial charge in [0.05, 0.1) is 5.57 Å². The Morgan fingerprint density at radius 2 is 1.43 bits per heavy atom. The monoisotopic (exact) mass is 278 g/mol. The molecule has 21 heavy (non-hydrogen) atoms. The number of carbonyl (C=O) groups excluding carboxylic acids is 2. The largest absolute Gasteiger partial charge is 0.294 e. The number of Topliss-reactive ketones (excluding diaryl/α,β-unsaturated/α-hetero) is 1. The highest BCUT2D eigenvalue weighted by atomic mass is 16.1. The minimum atomic E-state index is -0.0928. The number of aryl methyl sites for hydroxylation is 1. The molecule has 0 radical (unpaired) electrons. The first-order valence-corrected chi connectivity index (χ1v) is 7.14. The summed E-state index contributed by atoms with van der Waals surface area (Å²) in [5.74, 6) is 1.72. The van der Waals surface area contributed by atoms with E-state index in [0.717, 1.165) is 18.4 Å². The van der Waals surface area contributed by atoms with Crippen LogP contribution >= 0.6 is 0 Å². The van der Waals surface area contributed by atoms with E-state index in [0.29, 0.717) is 12.8 Å². The van der Waals surface area contributed by atoms with Crippen LogP contribution in [0.2, 0.25) is 0 Å². The fourth-order valence-corrected chi connectivity index (χ4v) is 2.24. The normalized spacial score (nSPS) is 9.90. The summed E-state index contributed by atoms with van der Waals surface area (Å²) in [4.78, 5) is 23.1. The van der Waals surface area contributed by atoms with E-state index in [1.807, 2.05) is 66.6 Å². The van der Waals surface area contributed by atoms with Gasteiger partial charge in [-0.3, -0.25) is 4.79 Å². The standard InChI is InChI=1S/C19H18O2/c20-15-18(14-17-10-5-2-6-11-17)19(21)13-7-12-16-8-3-1-4-9-16/h1-6,8-11H,7,12-14H2. The summed E-state index contributed by atoms with van der Waals surface area (Å²) in [6, 6.07) is 19.6. The summed E-state index contributed by atoms with van der Waals surface area (Å²) in [5.41, 5.74) is 2.42. The molecule has 2 heteroatoms. The Bertz CT molecular complexity index is 623. The Balaban J connectivity index is 1.85. The molecule has 0 amide bonds. The molecule has 0 aliphatic rings. The maximum Gasteiger partial charge on any atom is 0.170 e. The van der Waals surface area contributed by atoms with Crippen molar-refractivity contribution in [3.63, 3.8) is 0 Å². The van der Waals surface area contributed by atoms with Crippen LogP contribution in [0.3, 0.4) is 0 Å². The lowest BCUT2D eigenvalue weighted by atomic mass is 9.98. The van der Waals surface area contributed by atoms with Gasteiger partial charge in [-0.05, 0) is 24.0 Å². The predicted molar refractivity (Wildman–Crippen MR) is 83.7 cm³/mol. The molecule has 0 saturated carbocycles. The summed E-state index contributed by atoms with van der Waals surface area (Å²) in [6.45, 7) is 0. The van der Waals surface area contributed by atoms with Crippen molar-refractivity contribution in [1.29, 1.82) is 0 Å². The van der Waals surface area contributed by atoms with Gasteiger partial charge in [-0.25, -0.2) is 4.79 Å². The highest BCUT2D eigenvalue weighted by Gasteiger charge is 2.11. The summed E-state index contributed by atoms with van der Waals surface area (Å²) >= 11 is 0. The van der Waals surface area contributed by atoms with Gasteiger partial charge in [-0.2, -0.15) is 0 Å². The zero-order valence-electron chi connectivity index (χ0n) is 11.9. The SMILES string of the molecule is O=C=C(Cc1ccccc1)C(=O)CCCc1ccccc1. The van der Waals surface area contributed by atoms with E-state index in [9.17, 15) is 9.59 Å². The number of carbonyl (C=O) groups is 1. The van der Waals surface area contributed by atoms with Crippen molar-refractivity contribution in [2.24, 2.45) is 0 Å². The third-order valence-electron chi connectivity index (χ3n) is 3.40. The van der Waals surface area contributed by atoms with Crippen LogP contribution in [-0.4, -0.2) is 11.7 Å². The van der Waals surface area contributed by atoms with Crippen LogP contribution in [0.4, 0.5) is 0 Å². The van der Waals surface area contributed by atoms with E-state index in [1.165, 1.54) is 5.56 Å². The van der Waals surface area contributed by atoms with Crippen molar-refractivity contribution in [3.8, 4) is 0 Å². The Morgan fingerprint density at radius 1 is 0.857 bits per heavy atom. The zero-order chi connectivity index (χ0) is 14.9. The van der Waals surface area contributed by atoms with Crippen molar-refractivity contribution in [1.82, 2.24) is 0 Å². The van der Waals surface area contributed by atoms with Crippen molar-refractivity contribution in [3.05, 3.63) is 77.4 Å². The molecule has 2 aromatic rings. The molecule has 0 saturated heterocycles. The van der Waals surface area contributed by atoms with Crippen LogP contribution in [-0.2, 0) is 22.4 Å². The Kier molecular flexibility index (Phi) is 5.69. The van der Waals surface area contributed by atoms with Gasteiger partial charge in [0.1, 0.15) is 5.94 Å². The molecule has 0 atom stereocenters. The van der Waals surface area contributed by atoms with Crippen molar-refractivity contribution < 1.29 is 9.59 Å². The first-order chi connectivity index (χ1) is 10.3. The molecule has 0 aromatic heterocycles. The number of allylic oxidation sites excluding steroid dienone is 1. The van der Waals surface area contributed by atoms with Gasteiger partial charge in [0, 0.05) is 12.8 Å². The van der Waals surface area contributed by atoms with Crippen LogP contribution in [0.5, 0.6) is 0 Å². The lowest BCUT2D eigenvalue weighted by molar-refractivity contribution is -0.115. The van der Waals surface area contributed by atoms with Gasteiger partial charge < -0.3 is 0 Å². The fraction of sp³-hybridized carbons (Fsp3) is 0.211. The molecule has 106 valence electrons. The number of ketones is 1. The minimum absolute atomic E-state index is 0.0928. The van der Waals surface area contributed by atoms with Crippen LogP contribution in [0, 0.1) is 0 Å². The molecule has 0 N–H and O–H groups in total. The second-order valence-electron chi connectivity index (χ2n) is 5.01. The fourth-order valence-electron chi connectivity index (χ4n) is 2.24. The van der Waals surface area contributed by atoms with Crippen LogP contribution in [0.25, 0.3) is 0 Å². The summed E-state index contributed by atoms with van der Waals surface area (Å²) < 4.78 is 0. The maximum absolute atomic E-state index is 12.1. The molecule has 0 fully saturated rings. The van der Waals surface area contributed by atoms with Gasteiger partial charge in [-0.1, -0.05) is 60.7 Å². The van der Waals surface area contributed by atoms with Crippen LogP contribution in [0.15, 0.2) is 66.2 Å². The minimum Gasteiger partial charge on any atom is -0.294 e. The maximum atomic E-state index is 12.1. The van der Waals surface area contributed by atoms with Gasteiger partial charge in [0.25, 0.3) is 0 Å². The Hall–Kier alpha value is -2.44. The van der Waals surface area contributed by atoms with Gasteiger partial charge in [0.2, 0.25) is 0 Å². The molecular weight excluding hydrogens is 260 g/mol. The van der Waals surface area contributed by atoms with Crippen molar-refractivity contribution in [2.75, 3.05) is 0 Å². The zero-order valence-corrected chi connectivity index (χ0v) is 11.9. The molecular formula is C19H18O2. The topological polar surface area (TPSA) is 34.1 Å². The summed E-state index contributed by atoms with van der Waals surface area (Å²) in [5, 5.41) is 0. The van der Waals surface area contributed by atoms with Gasteiger partial charge in [-0.15, -0.1) is 0 Å². The van der Waals surface area contributed by atoms with E-state index in [4.69, 9.17) is 0 Å². The average molecular weight is 278 g/mol. The quantitative estimate of drug-likeness (QED) is 0.573.